The summed E-state index contributed by atoms with van der Waals surface area (Å²) in [5.74, 6) is -3.89. The molecule has 0 aliphatic carbocycles. The van der Waals surface area contributed by atoms with Crippen LogP contribution in [0.25, 0.3) is 0 Å². The monoisotopic (exact) mass is 422 g/mol. The maximum absolute atomic E-state index is 14.0. The molecule has 0 saturated heterocycles. The number of unbranched alkanes of at least 4 members (excludes halogenated alkanes) is 2. The lowest BCUT2D eigenvalue weighted by Crippen LogP contribution is -2.24. The van der Waals surface area contributed by atoms with Crippen molar-refractivity contribution in [2.45, 2.75) is 57.9 Å². The third-order valence-corrected chi connectivity index (χ3v) is 4.34. The highest BCUT2D eigenvalue weighted by molar-refractivity contribution is 5.29. The molecule has 0 radical (unpaired) electrons. The Hall–Kier alpha value is -2.09. The van der Waals surface area contributed by atoms with E-state index >= 15 is 0 Å². The van der Waals surface area contributed by atoms with E-state index in [0.29, 0.717) is 5.56 Å². The Morgan fingerprint density at radius 3 is 1.86 bits per heavy atom. The molecule has 0 aliphatic rings. The van der Waals surface area contributed by atoms with Crippen LogP contribution in [0.4, 0.5) is 30.7 Å². The second-order valence-electron chi connectivity index (χ2n) is 6.81. The lowest BCUT2D eigenvalue weighted by molar-refractivity contribution is -0.244. The summed E-state index contributed by atoms with van der Waals surface area (Å²) in [6.07, 6.45) is -6.21. The first-order valence-electron chi connectivity index (χ1n) is 9.16. The van der Waals surface area contributed by atoms with Crippen molar-refractivity contribution < 1.29 is 35.5 Å². The normalized spacial score (nSPS) is 12.4. The molecule has 0 aromatic heterocycles. The van der Waals surface area contributed by atoms with Crippen LogP contribution in [0.2, 0.25) is 0 Å². The Morgan fingerprint density at radius 2 is 1.34 bits per heavy atom. The van der Waals surface area contributed by atoms with Crippen LogP contribution in [-0.4, -0.2) is 6.11 Å². The van der Waals surface area contributed by atoms with Crippen molar-refractivity contribution in [2.75, 3.05) is 0 Å². The third-order valence-electron chi connectivity index (χ3n) is 4.34. The summed E-state index contributed by atoms with van der Waals surface area (Å²) in [4.78, 5) is 0. The molecule has 0 amide bonds. The van der Waals surface area contributed by atoms with Crippen molar-refractivity contribution in [1.82, 2.24) is 0 Å². The van der Waals surface area contributed by atoms with Crippen molar-refractivity contribution >= 4 is 0 Å². The number of hydrogen-bond acceptors (Lipinski definition) is 1. The summed E-state index contributed by atoms with van der Waals surface area (Å²) in [7, 11) is 0. The molecule has 29 heavy (non-hydrogen) atoms. The largest absolute Gasteiger partial charge is 0.422 e. The van der Waals surface area contributed by atoms with E-state index in [1.54, 1.807) is 12.1 Å². The molecule has 0 N–H and O–H groups in total. The van der Waals surface area contributed by atoms with Gasteiger partial charge in [0.15, 0.2) is 0 Å². The molecule has 0 saturated carbocycles. The lowest BCUT2D eigenvalue weighted by atomic mass is 10.1. The van der Waals surface area contributed by atoms with Gasteiger partial charge in [0.05, 0.1) is 13.0 Å². The molecule has 0 fully saturated rings. The van der Waals surface area contributed by atoms with Crippen molar-refractivity contribution in [3.8, 4) is 0 Å². The van der Waals surface area contributed by atoms with E-state index in [9.17, 15) is 30.7 Å². The zero-order chi connectivity index (χ0) is 21.7. The number of aryl methyl sites for hydroxylation is 1. The zero-order valence-corrected chi connectivity index (χ0v) is 15.8. The molecule has 0 bridgehead atoms. The topological polar surface area (TPSA) is 9.23 Å². The lowest BCUT2D eigenvalue weighted by Gasteiger charge is -2.18. The number of halogens is 7. The molecular weight excluding hydrogens is 401 g/mol. The van der Waals surface area contributed by atoms with Crippen molar-refractivity contribution in [3.05, 3.63) is 70.3 Å². The molecule has 160 valence electrons. The molecule has 0 aliphatic heterocycles. The van der Waals surface area contributed by atoms with Crippen LogP contribution in [0, 0.1) is 11.6 Å². The zero-order valence-electron chi connectivity index (χ0n) is 15.8. The summed E-state index contributed by atoms with van der Waals surface area (Å²) in [6, 6.07) is 7.41. The van der Waals surface area contributed by atoms with Crippen LogP contribution in [0.15, 0.2) is 36.4 Å². The third kappa shape index (κ3) is 7.03. The molecule has 0 atom stereocenters. The smallest absolute Gasteiger partial charge is 0.315 e. The van der Waals surface area contributed by atoms with E-state index in [1.165, 1.54) is 0 Å². The quantitative estimate of drug-likeness (QED) is 0.310. The first-order chi connectivity index (χ1) is 13.5. The summed E-state index contributed by atoms with van der Waals surface area (Å²) < 4.78 is 97.2. The molecule has 2 aromatic carbocycles. The Labute approximate surface area is 164 Å². The van der Waals surface area contributed by atoms with Crippen LogP contribution < -0.4 is 0 Å². The minimum atomic E-state index is -5.26. The molecule has 2 rings (SSSR count). The van der Waals surface area contributed by atoms with E-state index in [0.717, 1.165) is 31.2 Å². The number of rotatable bonds is 9. The SMILES string of the molecule is CCCCCc1ccc(COC(F)(F)Cc2cc(F)c(C(F)(F)F)c(F)c2)cc1. The van der Waals surface area contributed by atoms with Gasteiger partial charge in [0, 0.05) is 0 Å². The molecule has 0 heterocycles. The van der Waals surface area contributed by atoms with E-state index in [4.69, 9.17) is 0 Å². The van der Waals surface area contributed by atoms with Gasteiger partial charge in [-0.25, -0.2) is 8.78 Å². The Balaban J connectivity index is 1.98. The summed E-state index contributed by atoms with van der Waals surface area (Å²) in [5.41, 5.74) is -1.19. The number of hydrogen-bond donors (Lipinski definition) is 0. The van der Waals surface area contributed by atoms with Crippen LogP contribution in [0.3, 0.4) is 0 Å². The average Bonchev–Trinajstić information content (AvgIpc) is 2.59. The molecule has 1 nitrogen and oxygen atoms in total. The average molecular weight is 422 g/mol. The van der Waals surface area contributed by atoms with E-state index in [-0.39, 0.29) is 12.1 Å². The van der Waals surface area contributed by atoms with Gasteiger partial charge in [-0.05, 0) is 41.7 Å². The summed E-state index contributed by atoms with van der Waals surface area (Å²) in [6.45, 7) is 1.64. The van der Waals surface area contributed by atoms with Gasteiger partial charge in [-0.15, -0.1) is 0 Å². The number of ether oxygens (including phenoxy) is 1. The predicted molar refractivity (Wildman–Crippen MR) is 94.5 cm³/mol. The minimum absolute atomic E-state index is 0.244. The molecular formula is C21H21F7O. The second-order valence-corrected chi connectivity index (χ2v) is 6.81. The molecule has 8 heteroatoms. The van der Waals surface area contributed by atoms with Gasteiger partial charge in [0.2, 0.25) is 0 Å². The Bertz CT molecular complexity index is 775. The van der Waals surface area contributed by atoms with E-state index in [2.05, 4.69) is 11.7 Å². The number of alkyl halides is 5. The van der Waals surface area contributed by atoms with Crippen molar-refractivity contribution in [1.29, 1.82) is 0 Å². The fourth-order valence-electron chi connectivity index (χ4n) is 2.86. The number of benzene rings is 2. The van der Waals surface area contributed by atoms with Gasteiger partial charge in [-0.3, -0.25) is 0 Å². The summed E-state index contributed by atoms with van der Waals surface area (Å²) >= 11 is 0. The van der Waals surface area contributed by atoms with E-state index < -0.39 is 48.1 Å². The van der Waals surface area contributed by atoms with Gasteiger partial charge < -0.3 is 4.74 Å². The highest BCUT2D eigenvalue weighted by atomic mass is 19.4. The maximum atomic E-state index is 14.0. The van der Waals surface area contributed by atoms with Gasteiger partial charge in [-0.2, -0.15) is 22.0 Å². The fraction of sp³-hybridized carbons (Fsp3) is 0.429. The first-order valence-corrected chi connectivity index (χ1v) is 9.16. The fourth-order valence-corrected chi connectivity index (χ4v) is 2.86. The van der Waals surface area contributed by atoms with E-state index in [1.807, 2.05) is 12.1 Å². The Morgan fingerprint density at radius 1 is 0.793 bits per heavy atom. The molecule has 0 spiro atoms. The van der Waals surface area contributed by atoms with Crippen LogP contribution in [0.1, 0.15) is 48.4 Å². The predicted octanol–water partition coefficient (Wildman–Crippen LogP) is 7.07. The first kappa shape index (κ1) is 23.2. The molecule has 0 unspecified atom stereocenters. The van der Waals surface area contributed by atoms with Crippen LogP contribution in [-0.2, 0) is 30.4 Å². The van der Waals surface area contributed by atoms with Crippen LogP contribution >= 0.6 is 0 Å². The minimum Gasteiger partial charge on any atom is -0.315 e. The van der Waals surface area contributed by atoms with Crippen molar-refractivity contribution in [3.63, 3.8) is 0 Å². The highest BCUT2D eigenvalue weighted by Gasteiger charge is 2.39. The summed E-state index contributed by atoms with van der Waals surface area (Å²) in [5, 5.41) is 0. The highest BCUT2D eigenvalue weighted by Crippen LogP contribution is 2.35. The second kappa shape index (κ2) is 9.61. The van der Waals surface area contributed by atoms with Gasteiger partial charge in [0.1, 0.15) is 17.2 Å². The maximum Gasteiger partial charge on any atom is 0.422 e. The van der Waals surface area contributed by atoms with Gasteiger partial charge >= 0.3 is 12.3 Å². The Kier molecular flexibility index (Phi) is 7.68. The van der Waals surface area contributed by atoms with Gasteiger partial charge in [-0.1, -0.05) is 44.0 Å². The molecule has 2 aromatic rings. The standard InChI is InChI=1S/C21H21F7O/c1-2-3-4-5-14-6-8-15(9-7-14)13-29-20(24,25)12-16-10-17(22)19(18(23)11-16)21(26,27)28/h6-11H,2-5,12-13H2,1H3. The van der Waals surface area contributed by atoms with Crippen LogP contribution in [0.5, 0.6) is 0 Å². The van der Waals surface area contributed by atoms with Crippen molar-refractivity contribution in [2.24, 2.45) is 0 Å². The van der Waals surface area contributed by atoms with Gasteiger partial charge in [0.25, 0.3) is 0 Å².